The van der Waals surface area contributed by atoms with Crippen LogP contribution in [0.15, 0.2) is 12.1 Å². The van der Waals surface area contributed by atoms with E-state index in [9.17, 15) is 4.79 Å². The van der Waals surface area contributed by atoms with E-state index in [1.165, 1.54) is 0 Å². The summed E-state index contributed by atoms with van der Waals surface area (Å²) in [6.07, 6.45) is -0.455. The highest BCUT2D eigenvalue weighted by molar-refractivity contribution is 5.67. The summed E-state index contributed by atoms with van der Waals surface area (Å²) in [7, 11) is 0. The van der Waals surface area contributed by atoms with Crippen molar-refractivity contribution in [3.8, 4) is 5.75 Å². The molecule has 1 aromatic rings. The van der Waals surface area contributed by atoms with E-state index in [-0.39, 0.29) is 6.04 Å². The van der Waals surface area contributed by atoms with Crippen LogP contribution in [0.25, 0.3) is 0 Å². The second kappa shape index (κ2) is 7.49. The van der Waals surface area contributed by atoms with Gasteiger partial charge in [0.15, 0.2) is 0 Å². The zero-order chi connectivity index (χ0) is 16.9. The standard InChI is InChI=1S/C17H28N2O3/c1-7-21-15-9-11(2)13(8-12(15)3)14(18)10-19-16(20)22-17(4,5)6/h8-9,14H,7,10,18H2,1-6H3,(H,19,20). The number of hydrogen-bond acceptors (Lipinski definition) is 4. The molecule has 1 aromatic carbocycles. The molecule has 0 aliphatic rings. The van der Waals surface area contributed by atoms with Gasteiger partial charge in [-0.15, -0.1) is 0 Å². The summed E-state index contributed by atoms with van der Waals surface area (Å²) in [5, 5.41) is 2.71. The van der Waals surface area contributed by atoms with Crippen molar-refractivity contribution in [2.75, 3.05) is 13.2 Å². The Kier molecular flexibility index (Phi) is 6.23. The molecule has 1 atom stereocenters. The van der Waals surface area contributed by atoms with Crippen molar-refractivity contribution in [1.29, 1.82) is 0 Å². The van der Waals surface area contributed by atoms with E-state index in [1.54, 1.807) is 0 Å². The summed E-state index contributed by atoms with van der Waals surface area (Å²) >= 11 is 0. The minimum Gasteiger partial charge on any atom is -0.494 e. The van der Waals surface area contributed by atoms with Gasteiger partial charge in [-0.05, 0) is 64.3 Å². The van der Waals surface area contributed by atoms with Crippen LogP contribution in [0.5, 0.6) is 5.75 Å². The molecule has 0 radical (unpaired) electrons. The largest absolute Gasteiger partial charge is 0.494 e. The number of nitrogens with two attached hydrogens (primary N) is 1. The molecule has 0 aromatic heterocycles. The molecule has 124 valence electrons. The second-order valence-corrected chi connectivity index (χ2v) is 6.40. The van der Waals surface area contributed by atoms with Crippen LogP contribution < -0.4 is 15.8 Å². The minimum absolute atomic E-state index is 0.290. The topological polar surface area (TPSA) is 73.6 Å². The highest BCUT2D eigenvalue weighted by atomic mass is 16.6. The Morgan fingerprint density at radius 3 is 2.45 bits per heavy atom. The summed E-state index contributed by atoms with van der Waals surface area (Å²) in [5.74, 6) is 0.871. The summed E-state index contributed by atoms with van der Waals surface area (Å²) in [6, 6.07) is 3.71. The number of aryl methyl sites for hydroxylation is 2. The summed E-state index contributed by atoms with van der Waals surface area (Å²) in [5.41, 5.74) is 8.76. The van der Waals surface area contributed by atoms with E-state index >= 15 is 0 Å². The van der Waals surface area contributed by atoms with Gasteiger partial charge in [0, 0.05) is 12.6 Å². The van der Waals surface area contributed by atoms with Gasteiger partial charge in [-0.1, -0.05) is 6.07 Å². The number of amides is 1. The smallest absolute Gasteiger partial charge is 0.407 e. The van der Waals surface area contributed by atoms with Gasteiger partial charge >= 0.3 is 6.09 Å². The Morgan fingerprint density at radius 1 is 1.27 bits per heavy atom. The average molecular weight is 308 g/mol. The minimum atomic E-state index is -0.514. The predicted molar refractivity (Wildman–Crippen MR) is 88.3 cm³/mol. The molecule has 0 aliphatic carbocycles. The fraction of sp³-hybridized carbons (Fsp3) is 0.588. The van der Waals surface area contributed by atoms with E-state index in [0.29, 0.717) is 13.2 Å². The van der Waals surface area contributed by atoms with Gasteiger partial charge in [-0.2, -0.15) is 0 Å². The van der Waals surface area contributed by atoms with Crippen LogP contribution >= 0.6 is 0 Å². The number of benzene rings is 1. The average Bonchev–Trinajstić information content (AvgIpc) is 2.38. The van der Waals surface area contributed by atoms with E-state index < -0.39 is 11.7 Å². The molecule has 0 heterocycles. The molecular formula is C17H28N2O3. The Balaban J connectivity index is 2.72. The molecule has 0 saturated carbocycles. The molecule has 1 rings (SSSR count). The van der Waals surface area contributed by atoms with E-state index in [1.807, 2.05) is 53.7 Å². The molecule has 0 saturated heterocycles. The molecule has 22 heavy (non-hydrogen) atoms. The molecule has 0 spiro atoms. The van der Waals surface area contributed by atoms with Crippen LogP contribution in [0, 0.1) is 13.8 Å². The molecule has 0 bridgehead atoms. The van der Waals surface area contributed by atoms with Gasteiger partial charge < -0.3 is 20.5 Å². The number of carbonyl (C=O) groups is 1. The first-order valence-corrected chi connectivity index (χ1v) is 7.60. The highest BCUT2D eigenvalue weighted by Crippen LogP contribution is 2.26. The molecule has 0 aliphatic heterocycles. The number of hydrogen-bond donors (Lipinski definition) is 2. The van der Waals surface area contributed by atoms with Crippen molar-refractivity contribution >= 4 is 6.09 Å². The first kappa shape index (κ1) is 18.3. The molecule has 1 unspecified atom stereocenters. The lowest BCUT2D eigenvalue weighted by molar-refractivity contribution is 0.0524. The maximum atomic E-state index is 11.7. The zero-order valence-electron chi connectivity index (χ0n) is 14.4. The summed E-state index contributed by atoms with van der Waals surface area (Å²) in [6.45, 7) is 12.4. The Morgan fingerprint density at radius 2 is 1.91 bits per heavy atom. The fourth-order valence-electron chi connectivity index (χ4n) is 2.14. The van der Waals surface area contributed by atoms with Gasteiger partial charge in [-0.3, -0.25) is 0 Å². The highest BCUT2D eigenvalue weighted by Gasteiger charge is 2.18. The normalized spacial score (nSPS) is 12.7. The van der Waals surface area contributed by atoms with Crippen molar-refractivity contribution in [1.82, 2.24) is 5.32 Å². The van der Waals surface area contributed by atoms with Crippen LogP contribution in [0.1, 0.15) is 50.4 Å². The van der Waals surface area contributed by atoms with Gasteiger partial charge in [0.05, 0.1) is 6.61 Å². The second-order valence-electron chi connectivity index (χ2n) is 6.40. The first-order valence-electron chi connectivity index (χ1n) is 7.60. The van der Waals surface area contributed by atoms with E-state index in [4.69, 9.17) is 15.2 Å². The summed E-state index contributed by atoms with van der Waals surface area (Å²) < 4.78 is 10.8. The third kappa shape index (κ3) is 5.56. The monoisotopic (exact) mass is 308 g/mol. The van der Waals surface area contributed by atoms with Gasteiger partial charge in [0.1, 0.15) is 11.4 Å². The first-order chi connectivity index (χ1) is 10.1. The maximum Gasteiger partial charge on any atom is 0.407 e. The third-order valence-corrected chi connectivity index (χ3v) is 3.13. The van der Waals surface area contributed by atoms with Crippen molar-refractivity contribution in [2.45, 2.75) is 53.2 Å². The number of ether oxygens (including phenoxy) is 2. The molecule has 5 heteroatoms. The molecular weight excluding hydrogens is 280 g/mol. The van der Waals surface area contributed by atoms with Gasteiger partial charge in [0.2, 0.25) is 0 Å². The number of alkyl carbamates (subject to hydrolysis) is 1. The SMILES string of the molecule is CCOc1cc(C)c(C(N)CNC(=O)OC(C)(C)C)cc1C. The zero-order valence-corrected chi connectivity index (χ0v) is 14.4. The maximum absolute atomic E-state index is 11.7. The Bertz CT molecular complexity index is 521. The number of carbonyl (C=O) groups excluding carboxylic acids is 1. The fourth-order valence-corrected chi connectivity index (χ4v) is 2.14. The quantitative estimate of drug-likeness (QED) is 0.876. The number of rotatable bonds is 5. The Labute approximate surface area is 133 Å². The van der Waals surface area contributed by atoms with Crippen LogP contribution in [-0.2, 0) is 4.74 Å². The molecule has 1 amide bonds. The van der Waals surface area contributed by atoms with Gasteiger partial charge in [-0.25, -0.2) is 4.79 Å². The Hall–Kier alpha value is -1.75. The lowest BCUT2D eigenvalue weighted by atomic mass is 9.98. The van der Waals surface area contributed by atoms with Crippen LogP contribution in [0.3, 0.4) is 0 Å². The van der Waals surface area contributed by atoms with Crippen molar-refractivity contribution < 1.29 is 14.3 Å². The molecule has 0 fully saturated rings. The van der Waals surface area contributed by atoms with E-state index in [2.05, 4.69) is 5.32 Å². The van der Waals surface area contributed by atoms with Crippen molar-refractivity contribution in [2.24, 2.45) is 5.73 Å². The van der Waals surface area contributed by atoms with E-state index in [0.717, 1.165) is 22.4 Å². The molecule has 5 nitrogen and oxygen atoms in total. The van der Waals surface area contributed by atoms with Crippen molar-refractivity contribution in [3.05, 3.63) is 28.8 Å². The van der Waals surface area contributed by atoms with Crippen molar-refractivity contribution in [3.63, 3.8) is 0 Å². The predicted octanol–water partition coefficient (Wildman–Crippen LogP) is 3.23. The number of nitrogens with one attached hydrogen (secondary N) is 1. The van der Waals surface area contributed by atoms with Crippen LogP contribution in [0.2, 0.25) is 0 Å². The molecule has 3 N–H and O–H groups in total. The third-order valence-electron chi connectivity index (χ3n) is 3.13. The van der Waals surface area contributed by atoms with Gasteiger partial charge in [0.25, 0.3) is 0 Å². The lowest BCUT2D eigenvalue weighted by Crippen LogP contribution is -2.36. The summed E-state index contributed by atoms with van der Waals surface area (Å²) in [4.78, 5) is 11.7. The van der Waals surface area contributed by atoms with Crippen LogP contribution in [-0.4, -0.2) is 24.8 Å². The van der Waals surface area contributed by atoms with Crippen LogP contribution in [0.4, 0.5) is 4.79 Å². The lowest BCUT2D eigenvalue weighted by Gasteiger charge is -2.22.